The first kappa shape index (κ1) is 16.3. The minimum Gasteiger partial charge on any atom is -0.422 e. The maximum atomic E-state index is 12.7. The average molecular weight is 345 g/mol. The fourth-order valence-electron chi connectivity index (χ4n) is 3.74. The van der Waals surface area contributed by atoms with Gasteiger partial charge >= 0.3 is 5.97 Å². The molecule has 4 heteroatoms. The Labute approximate surface area is 152 Å². The van der Waals surface area contributed by atoms with E-state index < -0.39 is 5.97 Å². The molecule has 0 saturated heterocycles. The van der Waals surface area contributed by atoms with Crippen LogP contribution in [-0.2, 0) is 10.2 Å². The average Bonchev–Trinajstić information content (AvgIpc) is 2.82. The van der Waals surface area contributed by atoms with E-state index in [4.69, 9.17) is 4.74 Å². The standard InChI is InChI=1S/C22H19NO3/c1-22(2)16-9-5-6-10-17(16)23(3)19(22)13-12-15-20(24)14-8-4-7-11-18(14)26-21(15)25/h4-13H,1-3H3/b15-12-,19-13+. The van der Waals surface area contributed by atoms with Gasteiger partial charge in [-0.05, 0) is 35.9 Å². The Hall–Kier alpha value is -3.14. The van der Waals surface area contributed by atoms with Gasteiger partial charge in [-0.25, -0.2) is 4.79 Å². The lowest BCUT2D eigenvalue weighted by molar-refractivity contribution is -0.130. The summed E-state index contributed by atoms with van der Waals surface area (Å²) in [6, 6.07) is 15.0. The third kappa shape index (κ3) is 2.30. The number of ketones is 1. The van der Waals surface area contributed by atoms with E-state index in [-0.39, 0.29) is 16.8 Å². The Kier molecular flexibility index (Phi) is 3.58. The summed E-state index contributed by atoms with van der Waals surface area (Å²) in [7, 11) is 1.99. The van der Waals surface area contributed by atoms with Crippen LogP contribution in [0.4, 0.5) is 5.69 Å². The molecule has 0 radical (unpaired) electrons. The van der Waals surface area contributed by atoms with Crippen molar-refractivity contribution in [3.63, 3.8) is 0 Å². The van der Waals surface area contributed by atoms with Crippen LogP contribution >= 0.6 is 0 Å². The molecule has 2 aliphatic heterocycles. The number of nitrogens with zero attached hydrogens (tertiary/aromatic N) is 1. The van der Waals surface area contributed by atoms with Gasteiger partial charge in [0.2, 0.25) is 5.78 Å². The lowest BCUT2D eigenvalue weighted by Crippen LogP contribution is -2.26. The van der Waals surface area contributed by atoms with Gasteiger partial charge in [0.1, 0.15) is 11.3 Å². The van der Waals surface area contributed by atoms with Crippen LogP contribution in [0.25, 0.3) is 0 Å². The van der Waals surface area contributed by atoms with Crippen LogP contribution in [0.15, 0.2) is 72.0 Å². The molecular weight excluding hydrogens is 326 g/mol. The van der Waals surface area contributed by atoms with Crippen LogP contribution in [0, 0.1) is 0 Å². The van der Waals surface area contributed by atoms with Gasteiger partial charge in [0.05, 0.1) is 5.56 Å². The van der Waals surface area contributed by atoms with Crippen LogP contribution in [0.1, 0.15) is 29.8 Å². The second kappa shape index (κ2) is 5.70. The number of likely N-dealkylation sites (N-methyl/N-ethyl adjacent to an activating group) is 1. The first-order valence-electron chi connectivity index (χ1n) is 8.53. The van der Waals surface area contributed by atoms with E-state index >= 15 is 0 Å². The number of para-hydroxylation sites is 2. The van der Waals surface area contributed by atoms with E-state index in [2.05, 4.69) is 30.9 Å². The van der Waals surface area contributed by atoms with Crippen LogP contribution < -0.4 is 9.64 Å². The number of fused-ring (bicyclic) bond motifs is 2. The van der Waals surface area contributed by atoms with Gasteiger partial charge in [-0.15, -0.1) is 0 Å². The van der Waals surface area contributed by atoms with E-state index in [0.29, 0.717) is 11.3 Å². The van der Waals surface area contributed by atoms with E-state index in [1.165, 1.54) is 5.56 Å². The minimum absolute atomic E-state index is 0.0522. The number of benzene rings is 2. The molecule has 4 nitrogen and oxygen atoms in total. The molecule has 130 valence electrons. The number of hydrogen-bond acceptors (Lipinski definition) is 4. The Balaban J connectivity index is 1.76. The molecule has 0 atom stereocenters. The first-order valence-corrected chi connectivity index (χ1v) is 8.53. The van der Waals surface area contributed by atoms with Crippen LogP contribution in [0.3, 0.4) is 0 Å². The summed E-state index contributed by atoms with van der Waals surface area (Å²) in [6.07, 6.45) is 3.43. The number of rotatable bonds is 1. The molecule has 0 aliphatic carbocycles. The van der Waals surface area contributed by atoms with Crippen LogP contribution in [0.2, 0.25) is 0 Å². The van der Waals surface area contributed by atoms with Crippen molar-refractivity contribution in [1.29, 1.82) is 0 Å². The number of esters is 1. The summed E-state index contributed by atoms with van der Waals surface area (Å²) in [4.78, 5) is 27.1. The molecule has 2 aliphatic rings. The number of carbonyl (C=O) groups excluding carboxylic acids is 2. The fraction of sp³-hybridized carbons (Fsp3) is 0.182. The Morgan fingerprint density at radius 3 is 2.42 bits per heavy atom. The van der Waals surface area contributed by atoms with Gasteiger partial charge in [-0.2, -0.15) is 0 Å². The monoisotopic (exact) mass is 345 g/mol. The smallest absolute Gasteiger partial charge is 0.347 e. The summed E-state index contributed by atoms with van der Waals surface area (Å²) in [5.41, 5.74) is 3.61. The van der Waals surface area contributed by atoms with E-state index in [1.54, 1.807) is 30.3 Å². The Morgan fingerprint density at radius 2 is 1.65 bits per heavy atom. The maximum Gasteiger partial charge on any atom is 0.347 e. The van der Waals surface area contributed by atoms with Crippen LogP contribution in [0.5, 0.6) is 5.75 Å². The van der Waals surface area contributed by atoms with Gasteiger partial charge in [-0.3, -0.25) is 4.79 Å². The summed E-state index contributed by atoms with van der Waals surface area (Å²) in [6.45, 7) is 4.27. The van der Waals surface area contributed by atoms with E-state index in [0.717, 1.165) is 11.4 Å². The highest BCUT2D eigenvalue weighted by Crippen LogP contribution is 2.46. The third-order valence-corrected chi connectivity index (χ3v) is 5.15. The highest BCUT2D eigenvalue weighted by Gasteiger charge is 2.38. The minimum atomic E-state index is -0.610. The Morgan fingerprint density at radius 1 is 0.962 bits per heavy atom. The topological polar surface area (TPSA) is 46.6 Å². The first-order chi connectivity index (χ1) is 12.4. The summed E-state index contributed by atoms with van der Waals surface area (Å²) >= 11 is 0. The molecule has 0 spiro atoms. The lowest BCUT2D eigenvalue weighted by Gasteiger charge is -2.24. The van der Waals surface area contributed by atoms with Crippen molar-refractivity contribution in [2.45, 2.75) is 19.3 Å². The van der Waals surface area contributed by atoms with Gasteiger partial charge in [0, 0.05) is 23.8 Å². The predicted molar refractivity (Wildman–Crippen MR) is 100 cm³/mol. The number of carbonyl (C=O) groups is 2. The molecule has 2 aromatic carbocycles. The molecular formula is C22H19NO3. The highest BCUT2D eigenvalue weighted by atomic mass is 16.5. The molecule has 4 rings (SSSR count). The molecule has 2 heterocycles. The molecule has 0 unspecified atom stereocenters. The molecule has 2 aromatic rings. The Bertz CT molecular complexity index is 998. The van der Waals surface area contributed by atoms with Gasteiger partial charge in [0.15, 0.2) is 0 Å². The van der Waals surface area contributed by atoms with Gasteiger partial charge < -0.3 is 9.64 Å². The largest absolute Gasteiger partial charge is 0.422 e. The molecule has 0 saturated carbocycles. The third-order valence-electron chi connectivity index (χ3n) is 5.15. The zero-order valence-corrected chi connectivity index (χ0v) is 14.9. The molecule has 0 bridgehead atoms. The zero-order valence-electron chi connectivity index (χ0n) is 14.9. The molecule has 0 fully saturated rings. The number of allylic oxidation sites excluding steroid dienone is 3. The van der Waals surface area contributed by atoms with Crippen molar-refractivity contribution in [3.8, 4) is 5.75 Å². The highest BCUT2D eigenvalue weighted by molar-refractivity contribution is 6.27. The summed E-state index contributed by atoms with van der Waals surface area (Å²) in [5, 5.41) is 0. The number of anilines is 1. The van der Waals surface area contributed by atoms with Crippen molar-refractivity contribution in [3.05, 3.63) is 83.1 Å². The number of Topliss-reactive ketones (excluding diaryl/α,β-unsaturated/α-hetero) is 1. The van der Waals surface area contributed by atoms with Crippen molar-refractivity contribution < 1.29 is 14.3 Å². The zero-order chi connectivity index (χ0) is 18.5. The van der Waals surface area contributed by atoms with Crippen molar-refractivity contribution in [2.75, 3.05) is 11.9 Å². The maximum absolute atomic E-state index is 12.7. The van der Waals surface area contributed by atoms with Crippen molar-refractivity contribution in [2.24, 2.45) is 0 Å². The second-order valence-electron chi connectivity index (χ2n) is 7.05. The molecule has 0 aromatic heterocycles. The summed E-state index contributed by atoms with van der Waals surface area (Å²) < 4.78 is 5.30. The molecule has 0 N–H and O–H groups in total. The van der Waals surface area contributed by atoms with Crippen molar-refractivity contribution >= 4 is 17.4 Å². The van der Waals surface area contributed by atoms with E-state index in [9.17, 15) is 9.59 Å². The SMILES string of the molecule is CN1/C(=C/C=C2\C(=O)Oc3ccccc3C2=O)C(C)(C)c2ccccc21. The quantitative estimate of drug-likeness (QED) is 0.339. The normalized spacial score (nSPS) is 21.0. The van der Waals surface area contributed by atoms with Crippen molar-refractivity contribution in [1.82, 2.24) is 0 Å². The fourth-order valence-corrected chi connectivity index (χ4v) is 3.74. The van der Waals surface area contributed by atoms with Crippen LogP contribution in [-0.4, -0.2) is 18.8 Å². The lowest BCUT2D eigenvalue weighted by atomic mass is 9.83. The van der Waals surface area contributed by atoms with Gasteiger partial charge in [-0.1, -0.05) is 44.2 Å². The number of ether oxygens (including phenoxy) is 1. The molecule has 26 heavy (non-hydrogen) atoms. The second-order valence-corrected chi connectivity index (χ2v) is 7.05. The predicted octanol–water partition coefficient (Wildman–Crippen LogP) is 4.03. The van der Waals surface area contributed by atoms with Gasteiger partial charge in [0.25, 0.3) is 0 Å². The molecule has 0 amide bonds. The van der Waals surface area contributed by atoms with E-state index in [1.807, 2.05) is 25.3 Å². The number of hydrogen-bond donors (Lipinski definition) is 0. The summed E-state index contributed by atoms with van der Waals surface area (Å²) in [5.74, 6) is -0.593.